The van der Waals surface area contributed by atoms with E-state index in [1.165, 1.54) is 0 Å². The first kappa shape index (κ1) is 27.4. The molecule has 2 fully saturated rings. The number of carbonyl (C=O) groups excluding carboxylic acids is 4. The zero-order valence-electron chi connectivity index (χ0n) is 22.3. The highest BCUT2D eigenvalue weighted by atomic mass is 16.3. The van der Waals surface area contributed by atoms with Crippen LogP contribution in [-0.2, 0) is 20.9 Å². The molecule has 3 aromatic rings. The van der Waals surface area contributed by atoms with Gasteiger partial charge in [-0.3, -0.25) is 19.2 Å². The summed E-state index contributed by atoms with van der Waals surface area (Å²) < 4.78 is 0. The van der Waals surface area contributed by atoms with E-state index in [4.69, 9.17) is 0 Å². The van der Waals surface area contributed by atoms with Crippen molar-refractivity contribution in [2.45, 2.75) is 56.8 Å². The number of hydrogen-bond acceptors (Lipinski definition) is 5. The van der Waals surface area contributed by atoms with Gasteiger partial charge in [0.05, 0.1) is 6.04 Å². The van der Waals surface area contributed by atoms with E-state index in [9.17, 15) is 24.3 Å². The van der Waals surface area contributed by atoms with Crippen LogP contribution in [0.2, 0.25) is 0 Å². The van der Waals surface area contributed by atoms with Crippen molar-refractivity contribution < 1.29 is 24.3 Å². The van der Waals surface area contributed by atoms with E-state index in [1.807, 2.05) is 54.6 Å². The number of H-pyrrole nitrogens is 1. The van der Waals surface area contributed by atoms with E-state index >= 15 is 0 Å². The number of nitrogens with one attached hydrogen (secondary N) is 4. The van der Waals surface area contributed by atoms with Crippen LogP contribution in [0.5, 0.6) is 0 Å². The molecular formula is C30H35N5O5. The lowest BCUT2D eigenvalue weighted by atomic mass is 9.93. The molecule has 2 aromatic carbocycles. The fourth-order valence-electron chi connectivity index (χ4n) is 5.58. The Morgan fingerprint density at radius 2 is 1.80 bits per heavy atom. The minimum Gasteiger partial charge on any atom is -0.381 e. The number of aliphatic hydroxyl groups is 1. The Balaban J connectivity index is 1.30. The summed E-state index contributed by atoms with van der Waals surface area (Å²) in [4.78, 5) is 57.1. The van der Waals surface area contributed by atoms with Crippen molar-refractivity contribution in [3.8, 4) is 0 Å². The molecule has 4 amide bonds. The van der Waals surface area contributed by atoms with Crippen molar-refractivity contribution in [2.75, 3.05) is 13.1 Å². The molecule has 3 heterocycles. The van der Waals surface area contributed by atoms with Gasteiger partial charge in [-0.25, -0.2) is 0 Å². The van der Waals surface area contributed by atoms with Gasteiger partial charge in [0.25, 0.3) is 11.8 Å². The van der Waals surface area contributed by atoms with E-state index < -0.39 is 35.9 Å². The van der Waals surface area contributed by atoms with E-state index in [-0.39, 0.29) is 24.8 Å². The number of carbonyl (C=O) groups is 4. The van der Waals surface area contributed by atoms with Crippen LogP contribution in [0.15, 0.2) is 60.7 Å². The third-order valence-corrected chi connectivity index (χ3v) is 7.81. The smallest absolute Gasteiger partial charge is 0.270 e. The Bertz CT molecular complexity index is 1340. The molecule has 10 heteroatoms. The number of aromatic amines is 1. The number of para-hydroxylation sites is 1. The summed E-state index contributed by atoms with van der Waals surface area (Å²) >= 11 is 0. The minimum absolute atomic E-state index is 0.111. The highest BCUT2D eigenvalue weighted by Crippen LogP contribution is 2.24. The summed E-state index contributed by atoms with van der Waals surface area (Å²) in [6.45, 7) is 1.15. The van der Waals surface area contributed by atoms with Gasteiger partial charge >= 0.3 is 0 Å². The van der Waals surface area contributed by atoms with Crippen LogP contribution in [0.1, 0.15) is 48.2 Å². The first-order valence-corrected chi connectivity index (χ1v) is 13.9. The monoisotopic (exact) mass is 545 g/mol. The molecular weight excluding hydrogens is 510 g/mol. The normalized spacial score (nSPS) is 20.5. The number of amides is 4. The average molecular weight is 546 g/mol. The lowest BCUT2D eigenvalue weighted by Crippen LogP contribution is -2.58. The molecule has 1 aromatic heterocycles. The van der Waals surface area contributed by atoms with Crippen LogP contribution in [0.25, 0.3) is 10.9 Å². The summed E-state index contributed by atoms with van der Waals surface area (Å²) in [6.07, 6.45) is 1.10. The second kappa shape index (κ2) is 12.3. The number of piperidine rings is 1. The van der Waals surface area contributed by atoms with Crippen LogP contribution in [0.3, 0.4) is 0 Å². The number of hydrogen-bond donors (Lipinski definition) is 5. The predicted octanol–water partition coefficient (Wildman–Crippen LogP) is 1.85. The van der Waals surface area contributed by atoms with Crippen molar-refractivity contribution in [3.63, 3.8) is 0 Å². The van der Waals surface area contributed by atoms with Crippen molar-refractivity contribution in [2.24, 2.45) is 5.92 Å². The van der Waals surface area contributed by atoms with Gasteiger partial charge < -0.3 is 30.9 Å². The minimum atomic E-state index is -1.57. The zero-order valence-corrected chi connectivity index (χ0v) is 22.3. The van der Waals surface area contributed by atoms with Gasteiger partial charge in [-0.2, -0.15) is 0 Å². The lowest BCUT2D eigenvalue weighted by molar-refractivity contribution is -0.135. The third-order valence-electron chi connectivity index (χ3n) is 7.81. The quantitative estimate of drug-likeness (QED) is 0.279. The summed E-state index contributed by atoms with van der Waals surface area (Å²) in [5, 5.41) is 20.3. The molecule has 0 radical (unpaired) electrons. The van der Waals surface area contributed by atoms with Gasteiger partial charge in [-0.05, 0) is 49.8 Å². The van der Waals surface area contributed by atoms with Crippen molar-refractivity contribution in [3.05, 3.63) is 71.9 Å². The van der Waals surface area contributed by atoms with Gasteiger partial charge in [0.2, 0.25) is 11.8 Å². The van der Waals surface area contributed by atoms with Crippen molar-refractivity contribution >= 4 is 34.5 Å². The molecule has 2 aliphatic rings. The fraction of sp³-hybridized carbons (Fsp3) is 0.400. The summed E-state index contributed by atoms with van der Waals surface area (Å²) in [5.74, 6) is -1.95. The van der Waals surface area contributed by atoms with Crippen LogP contribution in [-0.4, -0.2) is 69.9 Å². The lowest BCUT2D eigenvalue weighted by Gasteiger charge is -2.36. The summed E-state index contributed by atoms with van der Waals surface area (Å²) in [6, 6.07) is 16.9. The SMILES string of the molecule is O=C(NCc1ccccc1)C(O)[C@H](C[C@@H]1CCNC1=O)NC(=O)[C@@H]1CCCCN1C(=O)c1cc2ccccc2[nH]1. The van der Waals surface area contributed by atoms with E-state index in [2.05, 4.69) is 20.9 Å². The molecule has 10 nitrogen and oxygen atoms in total. The number of nitrogens with zero attached hydrogens (tertiary/aromatic N) is 1. The molecule has 2 saturated heterocycles. The predicted molar refractivity (Wildman–Crippen MR) is 149 cm³/mol. The molecule has 2 aliphatic heterocycles. The molecule has 0 spiro atoms. The molecule has 40 heavy (non-hydrogen) atoms. The molecule has 0 bridgehead atoms. The molecule has 5 N–H and O–H groups in total. The highest BCUT2D eigenvalue weighted by Gasteiger charge is 2.38. The molecule has 210 valence electrons. The maximum absolute atomic E-state index is 13.6. The maximum atomic E-state index is 13.6. The number of likely N-dealkylation sites (tertiary alicyclic amines) is 1. The second-order valence-corrected chi connectivity index (χ2v) is 10.6. The second-order valence-electron chi connectivity index (χ2n) is 10.6. The number of aliphatic hydroxyl groups excluding tert-OH is 1. The number of benzene rings is 2. The van der Waals surface area contributed by atoms with Crippen LogP contribution in [0, 0.1) is 5.92 Å². The van der Waals surface area contributed by atoms with Crippen molar-refractivity contribution in [1.29, 1.82) is 0 Å². The summed E-state index contributed by atoms with van der Waals surface area (Å²) in [5.41, 5.74) is 2.11. The van der Waals surface area contributed by atoms with Gasteiger partial charge in [0.1, 0.15) is 11.7 Å². The number of aromatic nitrogens is 1. The fourth-order valence-corrected chi connectivity index (χ4v) is 5.58. The van der Waals surface area contributed by atoms with Crippen LogP contribution in [0.4, 0.5) is 0 Å². The largest absolute Gasteiger partial charge is 0.381 e. The Labute approximate surface area is 232 Å². The molecule has 5 rings (SSSR count). The van der Waals surface area contributed by atoms with E-state index in [0.29, 0.717) is 31.6 Å². The topological polar surface area (TPSA) is 144 Å². The van der Waals surface area contributed by atoms with E-state index in [0.717, 1.165) is 29.3 Å². The summed E-state index contributed by atoms with van der Waals surface area (Å²) in [7, 11) is 0. The van der Waals surface area contributed by atoms with Crippen LogP contribution < -0.4 is 16.0 Å². The Hall–Kier alpha value is -4.18. The van der Waals surface area contributed by atoms with Gasteiger partial charge in [-0.1, -0.05) is 48.5 Å². The molecule has 0 aliphatic carbocycles. The molecule has 4 atom stereocenters. The standard InChI is InChI=1S/C30H35N5O5/c36-26(29(39)32-18-19-8-2-1-3-9-19)23(17-21-13-14-31-27(21)37)34-28(38)25-12-6-7-15-35(25)30(40)24-16-20-10-4-5-11-22(20)33-24/h1-5,8-11,16,21,23,25-26,33,36H,6-7,12-15,17-18H2,(H,31,37)(H,32,39)(H,34,38)/t21-,23-,25-,26?/m0/s1. The zero-order chi connectivity index (χ0) is 28.1. The maximum Gasteiger partial charge on any atom is 0.270 e. The highest BCUT2D eigenvalue weighted by molar-refractivity contribution is 6.00. The van der Waals surface area contributed by atoms with Crippen LogP contribution >= 0.6 is 0 Å². The Morgan fingerprint density at radius 1 is 1.02 bits per heavy atom. The van der Waals surface area contributed by atoms with Gasteiger partial charge in [-0.15, -0.1) is 0 Å². The first-order valence-electron chi connectivity index (χ1n) is 13.9. The van der Waals surface area contributed by atoms with E-state index in [1.54, 1.807) is 11.0 Å². The Kier molecular flexibility index (Phi) is 8.45. The van der Waals surface area contributed by atoms with Gasteiger partial charge in [0, 0.05) is 36.5 Å². The van der Waals surface area contributed by atoms with Crippen molar-refractivity contribution in [1.82, 2.24) is 25.8 Å². The number of rotatable bonds is 9. The molecule has 1 unspecified atom stereocenters. The third kappa shape index (κ3) is 6.17. The van der Waals surface area contributed by atoms with Gasteiger partial charge in [0.15, 0.2) is 6.10 Å². The average Bonchev–Trinajstić information content (AvgIpc) is 3.61. The Morgan fingerprint density at radius 3 is 2.55 bits per heavy atom. The first-order chi connectivity index (χ1) is 19.4. The molecule has 0 saturated carbocycles. The number of fused-ring (bicyclic) bond motifs is 1.